The Morgan fingerprint density at radius 1 is 1.18 bits per heavy atom. The summed E-state index contributed by atoms with van der Waals surface area (Å²) >= 11 is 1.97. The summed E-state index contributed by atoms with van der Waals surface area (Å²) in [6, 6.07) is 0.497. The summed E-state index contributed by atoms with van der Waals surface area (Å²) in [4.78, 5) is 12.0. The van der Waals surface area contributed by atoms with Crippen LogP contribution in [0.15, 0.2) is 0 Å². The van der Waals surface area contributed by atoms with Gasteiger partial charge in [-0.3, -0.25) is 4.79 Å². The van der Waals surface area contributed by atoms with Gasteiger partial charge in [0.2, 0.25) is 5.91 Å². The lowest BCUT2D eigenvalue weighted by molar-refractivity contribution is -0.124. The molecule has 4 heteroatoms. The van der Waals surface area contributed by atoms with Gasteiger partial charge < -0.3 is 10.6 Å². The first kappa shape index (κ1) is 13.2. The molecule has 0 aromatic carbocycles. The summed E-state index contributed by atoms with van der Waals surface area (Å²) in [6.07, 6.45) is 10.4. The van der Waals surface area contributed by atoms with E-state index in [9.17, 15) is 4.79 Å². The van der Waals surface area contributed by atoms with Crippen molar-refractivity contribution in [1.82, 2.24) is 10.6 Å². The predicted molar refractivity (Wildman–Crippen MR) is 73.3 cm³/mol. The van der Waals surface area contributed by atoms with Gasteiger partial charge in [-0.2, -0.15) is 11.8 Å². The van der Waals surface area contributed by atoms with E-state index in [2.05, 4.69) is 16.9 Å². The first-order valence-electron chi connectivity index (χ1n) is 6.86. The summed E-state index contributed by atoms with van der Waals surface area (Å²) < 4.78 is 0. The number of nitrogens with one attached hydrogen (secondary N) is 2. The summed E-state index contributed by atoms with van der Waals surface area (Å²) in [7, 11) is 0. The monoisotopic (exact) mass is 256 g/mol. The van der Waals surface area contributed by atoms with Crippen LogP contribution in [0.5, 0.6) is 0 Å². The van der Waals surface area contributed by atoms with E-state index >= 15 is 0 Å². The summed E-state index contributed by atoms with van der Waals surface area (Å²) in [5.74, 6) is 0.234. The maximum absolute atomic E-state index is 12.0. The zero-order chi connectivity index (χ0) is 12.1. The van der Waals surface area contributed by atoms with Crippen LogP contribution in [-0.2, 0) is 4.79 Å². The average Bonchev–Trinajstić information content (AvgIpc) is 2.40. The highest BCUT2D eigenvalue weighted by Gasteiger charge is 2.25. The highest BCUT2D eigenvalue weighted by Crippen LogP contribution is 2.26. The van der Waals surface area contributed by atoms with Crippen molar-refractivity contribution >= 4 is 17.7 Å². The standard InChI is InChI=1S/C13H24N2OS/c1-17-11-7-5-10(6-8-11)15-13(16)12-4-2-3-9-14-12/h10-12,14H,2-9H2,1H3,(H,15,16). The fourth-order valence-corrected chi connectivity index (χ4v) is 3.56. The Balaban J connectivity index is 1.71. The van der Waals surface area contributed by atoms with Crippen LogP contribution in [0.1, 0.15) is 44.9 Å². The number of carbonyl (C=O) groups excluding carboxylic acids is 1. The molecule has 1 atom stereocenters. The Bertz CT molecular complexity index is 246. The predicted octanol–water partition coefficient (Wildman–Crippen LogP) is 1.92. The quantitative estimate of drug-likeness (QED) is 0.810. The van der Waals surface area contributed by atoms with Gasteiger partial charge in [0.05, 0.1) is 6.04 Å². The van der Waals surface area contributed by atoms with Crippen LogP contribution in [0.25, 0.3) is 0 Å². The van der Waals surface area contributed by atoms with Crippen molar-refractivity contribution in [2.24, 2.45) is 0 Å². The molecule has 3 nitrogen and oxygen atoms in total. The van der Waals surface area contributed by atoms with E-state index in [1.54, 1.807) is 0 Å². The second-order valence-electron chi connectivity index (χ2n) is 5.22. The molecule has 1 saturated carbocycles. The molecule has 17 heavy (non-hydrogen) atoms. The van der Waals surface area contributed by atoms with Crippen molar-refractivity contribution in [3.8, 4) is 0 Å². The highest BCUT2D eigenvalue weighted by molar-refractivity contribution is 7.99. The van der Waals surface area contributed by atoms with Crippen molar-refractivity contribution in [3.05, 3.63) is 0 Å². The van der Waals surface area contributed by atoms with Crippen molar-refractivity contribution < 1.29 is 4.79 Å². The first-order valence-corrected chi connectivity index (χ1v) is 8.15. The van der Waals surface area contributed by atoms with E-state index in [0.29, 0.717) is 6.04 Å². The molecule has 2 fully saturated rings. The van der Waals surface area contributed by atoms with Crippen LogP contribution < -0.4 is 10.6 Å². The number of hydrogen-bond acceptors (Lipinski definition) is 3. The van der Waals surface area contributed by atoms with E-state index in [1.165, 1.54) is 25.7 Å². The van der Waals surface area contributed by atoms with Crippen molar-refractivity contribution in [1.29, 1.82) is 0 Å². The van der Waals surface area contributed by atoms with Crippen LogP contribution in [-0.4, -0.2) is 36.0 Å². The third-order valence-corrected chi connectivity index (χ3v) is 5.12. The Hall–Kier alpha value is -0.220. The van der Waals surface area contributed by atoms with Crippen LogP contribution in [0.4, 0.5) is 0 Å². The van der Waals surface area contributed by atoms with E-state index in [1.807, 2.05) is 11.8 Å². The largest absolute Gasteiger partial charge is 0.352 e. The van der Waals surface area contributed by atoms with Gasteiger partial charge in [0.15, 0.2) is 0 Å². The third kappa shape index (κ3) is 3.88. The van der Waals surface area contributed by atoms with E-state index in [0.717, 1.165) is 31.1 Å². The van der Waals surface area contributed by atoms with Crippen LogP contribution in [0.2, 0.25) is 0 Å². The second-order valence-corrected chi connectivity index (χ2v) is 6.36. The summed E-state index contributed by atoms with van der Waals surface area (Å²) in [5, 5.41) is 7.35. The maximum Gasteiger partial charge on any atom is 0.237 e. The number of piperidine rings is 1. The minimum atomic E-state index is 0.0713. The molecule has 1 heterocycles. The normalized spacial score (nSPS) is 34.3. The van der Waals surface area contributed by atoms with Gasteiger partial charge in [0.1, 0.15) is 0 Å². The molecular formula is C13H24N2OS. The highest BCUT2D eigenvalue weighted by atomic mass is 32.2. The zero-order valence-corrected chi connectivity index (χ0v) is 11.5. The number of hydrogen-bond donors (Lipinski definition) is 2. The smallest absolute Gasteiger partial charge is 0.237 e. The lowest BCUT2D eigenvalue weighted by Crippen LogP contribution is -2.50. The zero-order valence-electron chi connectivity index (χ0n) is 10.7. The first-order chi connectivity index (χ1) is 8.29. The maximum atomic E-state index is 12.0. The molecule has 0 aromatic rings. The number of amides is 1. The Labute approximate surface area is 108 Å². The molecule has 1 aliphatic heterocycles. The fraction of sp³-hybridized carbons (Fsp3) is 0.923. The molecule has 2 aliphatic rings. The fourth-order valence-electron chi connectivity index (χ4n) is 2.82. The number of thioether (sulfide) groups is 1. The van der Waals surface area contributed by atoms with E-state index in [-0.39, 0.29) is 11.9 Å². The molecule has 1 aliphatic carbocycles. The second kappa shape index (κ2) is 6.64. The molecule has 0 bridgehead atoms. The molecule has 1 amide bonds. The van der Waals surface area contributed by atoms with Gasteiger partial charge in [-0.1, -0.05) is 6.42 Å². The van der Waals surface area contributed by atoms with Gasteiger partial charge >= 0.3 is 0 Å². The van der Waals surface area contributed by atoms with Crippen molar-refractivity contribution in [2.45, 2.75) is 62.3 Å². The Morgan fingerprint density at radius 3 is 2.53 bits per heavy atom. The summed E-state index contributed by atoms with van der Waals surface area (Å²) in [5.41, 5.74) is 0. The molecular weight excluding hydrogens is 232 g/mol. The minimum Gasteiger partial charge on any atom is -0.352 e. The van der Waals surface area contributed by atoms with Crippen LogP contribution in [0.3, 0.4) is 0 Å². The van der Waals surface area contributed by atoms with Gasteiger partial charge in [0, 0.05) is 11.3 Å². The molecule has 0 spiro atoms. The van der Waals surface area contributed by atoms with E-state index < -0.39 is 0 Å². The lowest BCUT2D eigenvalue weighted by atomic mass is 9.94. The molecule has 2 rings (SSSR count). The molecule has 2 N–H and O–H groups in total. The SMILES string of the molecule is CSC1CCC(NC(=O)C2CCCCN2)CC1. The average molecular weight is 256 g/mol. The topological polar surface area (TPSA) is 41.1 Å². The number of carbonyl (C=O) groups is 1. The Kier molecular flexibility index (Phi) is 5.16. The Morgan fingerprint density at radius 2 is 1.94 bits per heavy atom. The molecule has 0 aromatic heterocycles. The molecule has 0 radical (unpaired) electrons. The van der Waals surface area contributed by atoms with Gasteiger partial charge in [0.25, 0.3) is 0 Å². The molecule has 1 unspecified atom stereocenters. The van der Waals surface area contributed by atoms with Gasteiger partial charge in [-0.05, 0) is 51.3 Å². The minimum absolute atomic E-state index is 0.0713. The van der Waals surface area contributed by atoms with Crippen LogP contribution >= 0.6 is 11.8 Å². The third-order valence-electron chi connectivity index (χ3n) is 3.98. The van der Waals surface area contributed by atoms with Gasteiger partial charge in [-0.25, -0.2) is 0 Å². The van der Waals surface area contributed by atoms with Gasteiger partial charge in [-0.15, -0.1) is 0 Å². The summed E-state index contributed by atoms with van der Waals surface area (Å²) in [6.45, 7) is 0.997. The molecule has 1 saturated heterocycles. The van der Waals surface area contributed by atoms with Crippen molar-refractivity contribution in [3.63, 3.8) is 0 Å². The van der Waals surface area contributed by atoms with Crippen molar-refractivity contribution in [2.75, 3.05) is 12.8 Å². The van der Waals surface area contributed by atoms with E-state index in [4.69, 9.17) is 0 Å². The molecule has 98 valence electrons. The lowest BCUT2D eigenvalue weighted by Gasteiger charge is -2.30. The number of rotatable bonds is 3. The van der Waals surface area contributed by atoms with Crippen LogP contribution in [0, 0.1) is 0 Å².